The summed E-state index contributed by atoms with van der Waals surface area (Å²) in [4.78, 5) is 8.28. The van der Waals surface area contributed by atoms with Gasteiger partial charge in [-0.15, -0.1) is 21.5 Å². The third-order valence-corrected chi connectivity index (χ3v) is 2.89. The highest BCUT2D eigenvalue weighted by Crippen LogP contribution is 2.14. The maximum Gasteiger partial charge on any atom is 0.254 e. The Morgan fingerprint density at radius 1 is 1.38 bits per heavy atom. The fourth-order valence-electron chi connectivity index (χ4n) is 1.48. The van der Waals surface area contributed by atoms with Crippen LogP contribution in [0.3, 0.4) is 0 Å². The lowest BCUT2D eigenvalue weighted by Gasteiger charge is -1.95. The van der Waals surface area contributed by atoms with Crippen molar-refractivity contribution in [2.45, 2.75) is 6.42 Å². The molecule has 80 valence electrons. The lowest BCUT2D eigenvalue weighted by molar-refractivity contribution is 0.915. The molecule has 2 N–H and O–H groups in total. The lowest BCUT2D eigenvalue weighted by Crippen LogP contribution is -1.97. The topological polar surface area (TPSA) is 82.0 Å². The number of thiazole rings is 1. The zero-order chi connectivity index (χ0) is 11.0. The van der Waals surface area contributed by atoms with Crippen molar-refractivity contribution in [1.82, 2.24) is 24.6 Å². The highest BCUT2D eigenvalue weighted by molar-refractivity contribution is 7.13. The second-order valence-corrected chi connectivity index (χ2v) is 4.15. The molecular weight excluding hydrogens is 224 g/mol. The quantitative estimate of drug-likeness (QED) is 0.705. The van der Waals surface area contributed by atoms with Crippen LogP contribution < -0.4 is 5.73 Å². The molecule has 0 fully saturated rings. The second-order valence-electron chi connectivity index (χ2n) is 3.26. The summed E-state index contributed by atoms with van der Waals surface area (Å²) in [7, 11) is 0. The molecule has 0 bridgehead atoms. The SMILES string of the molecule is Nc1nc(Cc2nnc3ncccn23)cs1. The van der Waals surface area contributed by atoms with Crippen LogP contribution in [0, 0.1) is 0 Å². The van der Waals surface area contributed by atoms with Crippen molar-refractivity contribution >= 4 is 22.2 Å². The van der Waals surface area contributed by atoms with Gasteiger partial charge in [0.1, 0.15) is 5.82 Å². The van der Waals surface area contributed by atoms with Gasteiger partial charge in [0.05, 0.1) is 12.1 Å². The normalized spacial score (nSPS) is 11.0. The summed E-state index contributed by atoms with van der Waals surface area (Å²) in [5.41, 5.74) is 6.48. The summed E-state index contributed by atoms with van der Waals surface area (Å²) in [6.07, 6.45) is 4.18. The van der Waals surface area contributed by atoms with Crippen molar-refractivity contribution in [3.05, 3.63) is 35.4 Å². The van der Waals surface area contributed by atoms with E-state index in [1.165, 1.54) is 11.3 Å². The van der Waals surface area contributed by atoms with E-state index < -0.39 is 0 Å². The molecule has 0 spiro atoms. The number of anilines is 1. The summed E-state index contributed by atoms with van der Waals surface area (Å²) >= 11 is 1.43. The molecule has 6 nitrogen and oxygen atoms in total. The molecule has 0 radical (unpaired) electrons. The van der Waals surface area contributed by atoms with E-state index in [9.17, 15) is 0 Å². The molecule has 3 rings (SSSR count). The first-order valence-corrected chi connectivity index (χ1v) is 5.55. The van der Waals surface area contributed by atoms with E-state index in [0.717, 1.165) is 11.5 Å². The van der Waals surface area contributed by atoms with Gasteiger partial charge >= 0.3 is 0 Å². The van der Waals surface area contributed by atoms with Crippen LogP contribution >= 0.6 is 11.3 Å². The average Bonchev–Trinajstić information content (AvgIpc) is 2.87. The zero-order valence-corrected chi connectivity index (χ0v) is 9.05. The Labute approximate surface area is 94.8 Å². The molecule has 0 aliphatic rings. The minimum atomic E-state index is 0.571. The smallest absolute Gasteiger partial charge is 0.254 e. The van der Waals surface area contributed by atoms with Gasteiger partial charge < -0.3 is 5.73 Å². The molecule has 3 aromatic rings. The van der Waals surface area contributed by atoms with Gasteiger partial charge in [-0.25, -0.2) is 9.97 Å². The van der Waals surface area contributed by atoms with Gasteiger partial charge in [0.2, 0.25) is 0 Å². The molecule has 3 aromatic heterocycles. The Balaban J connectivity index is 2.00. The second kappa shape index (κ2) is 3.53. The van der Waals surface area contributed by atoms with E-state index in [0.29, 0.717) is 17.3 Å². The molecule has 0 unspecified atom stereocenters. The standard InChI is InChI=1S/C9H8N6S/c10-8-12-6(5-16-8)4-7-13-14-9-11-2-1-3-15(7)9/h1-3,5H,4H2,(H2,10,12). The van der Waals surface area contributed by atoms with E-state index >= 15 is 0 Å². The van der Waals surface area contributed by atoms with Gasteiger partial charge in [0.25, 0.3) is 5.78 Å². The van der Waals surface area contributed by atoms with Gasteiger partial charge in [0, 0.05) is 17.8 Å². The van der Waals surface area contributed by atoms with E-state index in [2.05, 4.69) is 20.2 Å². The number of aromatic nitrogens is 5. The molecule has 7 heteroatoms. The third kappa shape index (κ3) is 1.50. The van der Waals surface area contributed by atoms with Crippen molar-refractivity contribution in [3.8, 4) is 0 Å². The van der Waals surface area contributed by atoms with Gasteiger partial charge in [-0.3, -0.25) is 4.40 Å². The van der Waals surface area contributed by atoms with Crippen molar-refractivity contribution in [1.29, 1.82) is 0 Å². The maximum absolute atomic E-state index is 5.57. The van der Waals surface area contributed by atoms with E-state index in [-0.39, 0.29) is 0 Å². The summed E-state index contributed by atoms with van der Waals surface area (Å²) in [5, 5.41) is 10.5. The summed E-state index contributed by atoms with van der Waals surface area (Å²) in [5.74, 6) is 1.41. The minimum Gasteiger partial charge on any atom is -0.375 e. The Morgan fingerprint density at radius 3 is 3.12 bits per heavy atom. The number of nitrogen functional groups attached to an aromatic ring is 1. The Bertz CT molecular complexity index is 628. The molecule has 0 aromatic carbocycles. The first-order chi connectivity index (χ1) is 7.83. The molecule has 0 aliphatic heterocycles. The molecular formula is C9H8N6S. The first kappa shape index (κ1) is 9.22. The third-order valence-electron chi connectivity index (χ3n) is 2.17. The van der Waals surface area contributed by atoms with Gasteiger partial charge in [-0.1, -0.05) is 0 Å². The van der Waals surface area contributed by atoms with Crippen molar-refractivity contribution in [3.63, 3.8) is 0 Å². The Morgan fingerprint density at radius 2 is 2.31 bits per heavy atom. The molecule has 3 heterocycles. The largest absolute Gasteiger partial charge is 0.375 e. The molecule has 0 saturated heterocycles. The Hall–Kier alpha value is -2.02. The predicted molar refractivity (Wildman–Crippen MR) is 60.1 cm³/mol. The van der Waals surface area contributed by atoms with Crippen molar-refractivity contribution in [2.24, 2.45) is 0 Å². The summed E-state index contributed by atoms with van der Waals surface area (Å²) in [6.45, 7) is 0. The molecule has 16 heavy (non-hydrogen) atoms. The average molecular weight is 232 g/mol. The number of hydrogen-bond acceptors (Lipinski definition) is 6. The molecule has 0 saturated carbocycles. The van der Waals surface area contributed by atoms with E-state index in [4.69, 9.17) is 5.73 Å². The summed E-state index contributed by atoms with van der Waals surface area (Å²) < 4.78 is 1.84. The van der Waals surface area contributed by atoms with Gasteiger partial charge in [0.15, 0.2) is 5.13 Å². The van der Waals surface area contributed by atoms with Crippen molar-refractivity contribution in [2.75, 3.05) is 5.73 Å². The van der Waals surface area contributed by atoms with Crippen LogP contribution in [0.1, 0.15) is 11.5 Å². The van der Waals surface area contributed by atoms with Crippen LogP contribution in [-0.4, -0.2) is 24.6 Å². The van der Waals surface area contributed by atoms with Crippen LogP contribution in [0.25, 0.3) is 5.78 Å². The molecule has 0 amide bonds. The number of nitrogens with two attached hydrogens (primary N) is 1. The number of fused-ring (bicyclic) bond motifs is 1. The van der Waals surface area contributed by atoms with Crippen LogP contribution in [0.5, 0.6) is 0 Å². The van der Waals surface area contributed by atoms with Gasteiger partial charge in [-0.05, 0) is 6.07 Å². The lowest BCUT2D eigenvalue weighted by atomic mass is 10.3. The summed E-state index contributed by atoms with van der Waals surface area (Å²) in [6, 6.07) is 1.84. The monoisotopic (exact) mass is 232 g/mol. The fraction of sp³-hybridized carbons (Fsp3) is 0.111. The zero-order valence-electron chi connectivity index (χ0n) is 8.24. The molecule has 0 aliphatic carbocycles. The van der Waals surface area contributed by atoms with Crippen LogP contribution in [0.2, 0.25) is 0 Å². The van der Waals surface area contributed by atoms with Crippen LogP contribution in [0.4, 0.5) is 5.13 Å². The number of hydrogen-bond donors (Lipinski definition) is 1. The first-order valence-electron chi connectivity index (χ1n) is 4.67. The fourth-order valence-corrected chi connectivity index (χ4v) is 2.04. The molecule has 0 atom stereocenters. The van der Waals surface area contributed by atoms with E-state index in [1.807, 2.05) is 22.0 Å². The minimum absolute atomic E-state index is 0.571. The predicted octanol–water partition coefficient (Wildman–Crippen LogP) is 0.754. The Kier molecular flexibility index (Phi) is 2.03. The highest BCUT2D eigenvalue weighted by Gasteiger charge is 2.08. The van der Waals surface area contributed by atoms with Crippen LogP contribution in [-0.2, 0) is 6.42 Å². The van der Waals surface area contributed by atoms with Gasteiger partial charge in [-0.2, -0.15) is 0 Å². The number of rotatable bonds is 2. The maximum atomic E-state index is 5.57. The van der Waals surface area contributed by atoms with E-state index in [1.54, 1.807) is 6.20 Å². The number of nitrogens with zero attached hydrogens (tertiary/aromatic N) is 5. The van der Waals surface area contributed by atoms with Crippen LogP contribution in [0.15, 0.2) is 23.8 Å². The highest BCUT2D eigenvalue weighted by atomic mass is 32.1. The van der Waals surface area contributed by atoms with Crippen molar-refractivity contribution < 1.29 is 0 Å².